The van der Waals surface area contributed by atoms with Gasteiger partial charge >= 0.3 is 6.03 Å². The molecule has 2 aromatic carbocycles. The quantitative estimate of drug-likeness (QED) is 0.567. The second-order valence-electron chi connectivity index (χ2n) is 9.84. The number of halogens is 2. The molecule has 1 atom stereocenters. The lowest BCUT2D eigenvalue weighted by atomic mass is 9.74. The molecule has 0 spiro atoms. The molecule has 4 amide bonds. The van der Waals surface area contributed by atoms with Crippen molar-refractivity contribution in [3.05, 3.63) is 71.3 Å². The van der Waals surface area contributed by atoms with Gasteiger partial charge in [-0.2, -0.15) is 0 Å². The fourth-order valence-electron chi connectivity index (χ4n) is 5.17. The van der Waals surface area contributed by atoms with Gasteiger partial charge in [0.2, 0.25) is 0 Å². The van der Waals surface area contributed by atoms with E-state index in [0.717, 1.165) is 17.7 Å². The highest BCUT2D eigenvalue weighted by atomic mass is 19.2. The molecule has 2 aliphatic heterocycles. The molecular formula is C27H32F2N4O3. The van der Waals surface area contributed by atoms with Crippen molar-refractivity contribution < 1.29 is 23.2 Å². The van der Waals surface area contributed by atoms with E-state index in [-0.39, 0.29) is 29.3 Å². The van der Waals surface area contributed by atoms with Gasteiger partial charge in [-0.15, -0.1) is 0 Å². The Bertz CT molecular complexity index is 1120. The van der Waals surface area contributed by atoms with Crippen LogP contribution in [0.5, 0.6) is 0 Å². The SMILES string of the molecule is CN(C)CCN1C(=O)N[C@@](CCc2ccccc2)(C2CCN(C(=O)c3ccc(F)c(F)c3)CC2)C1=O. The van der Waals surface area contributed by atoms with Crippen molar-refractivity contribution in [2.75, 3.05) is 40.3 Å². The highest BCUT2D eigenvalue weighted by Crippen LogP contribution is 2.37. The number of nitrogens with zero attached hydrogens (tertiary/aromatic N) is 3. The van der Waals surface area contributed by atoms with E-state index < -0.39 is 17.2 Å². The number of amides is 4. The number of benzene rings is 2. The van der Waals surface area contributed by atoms with Crippen LogP contribution in [0, 0.1) is 17.6 Å². The third kappa shape index (κ3) is 5.26. The number of carbonyl (C=O) groups excluding carboxylic acids is 3. The number of piperidine rings is 1. The highest BCUT2D eigenvalue weighted by Gasteiger charge is 2.55. The summed E-state index contributed by atoms with van der Waals surface area (Å²) in [5, 5.41) is 3.04. The summed E-state index contributed by atoms with van der Waals surface area (Å²) in [5.74, 6) is -2.81. The summed E-state index contributed by atoms with van der Waals surface area (Å²) in [6.07, 6.45) is 2.11. The first-order chi connectivity index (χ1) is 17.2. The van der Waals surface area contributed by atoms with Crippen LogP contribution in [0.25, 0.3) is 0 Å². The van der Waals surface area contributed by atoms with Crippen molar-refractivity contribution in [3.8, 4) is 0 Å². The van der Waals surface area contributed by atoms with Crippen LogP contribution in [0.3, 0.4) is 0 Å². The lowest BCUT2D eigenvalue weighted by molar-refractivity contribution is -0.134. The third-order valence-corrected chi connectivity index (χ3v) is 7.27. The van der Waals surface area contributed by atoms with Gasteiger partial charge < -0.3 is 15.1 Å². The first-order valence-corrected chi connectivity index (χ1v) is 12.3. The van der Waals surface area contributed by atoms with Crippen LogP contribution in [0.4, 0.5) is 13.6 Å². The molecule has 0 unspecified atom stereocenters. The Kier molecular flexibility index (Phi) is 7.68. The average Bonchev–Trinajstić information content (AvgIpc) is 3.12. The topological polar surface area (TPSA) is 73.0 Å². The molecule has 2 aliphatic rings. The van der Waals surface area contributed by atoms with E-state index in [1.807, 2.05) is 49.3 Å². The van der Waals surface area contributed by atoms with Gasteiger partial charge in [-0.05, 0) is 69.5 Å². The second kappa shape index (κ2) is 10.7. The Labute approximate surface area is 210 Å². The molecule has 7 nitrogen and oxygen atoms in total. The van der Waals surface area contributed by atoms with E-state index in [1.54, 1.807) is 4.90 Å². The maximum Gasteiger partial charge on any atom is 0.325 e. The Hall–Kier alpha value is -3.33. The first-order valence-electron chi connectivity index (χ1n) is 12.3. The first kappa shape index (κ1) is 25.8. The molecule has 9 heteroatoms. The lowest BCUT2D eigenvalue weighted by Gasteiger charge is -2.41. The largest absolute Gasteiger partial charge is 0.339 e. The third-order valence-electron chi connectivity index (χ3n) is 7.27. The summed E-state index contributed by atoms with van der Waals surface area (Å²) in [5.41, 5.74) is 0.124. The molecule has 2 fully saturated rings. The molecule has 2 saturated heterocycles. The van der Waals surface area contributed by atoms with E-state index in [9.17, 15) is 23.2 Å². The fraction of sp³-hybridized carbons (Fsp3) is 0.444. The minimum Gasteiger partial charge on any atom is -0.339 e. The molecule has 0 aromatic heterocycles. The lowest BCUT2D eigenvalue weighted by Crippen LogP contribution is -2.57. The van der Waals surface area contributed by atoms with Gasteiger partial charge in [-0.25, -0.2) is 13.6 Å². The zero-order valence-corrected chi connectivity index (χ0v) is 20.7. The molecule has 36 heavy (non-hydrogen) atoms. The van der Waals surface area contributed by atoms with Crippen LogP contribution in [0.2, 0.25) is 0 Å². The summed E-state index contributed by atoms with van der Waals surface area (Å²) in [4.78, 5) is 44.4. The summed E-state index contributed by atoms with van der Waals surface area (Å²) < 4.78 is 26.9. The number of hydrogen-bond acceptors (Lipinski definition) is 4. The molecule has 4 rings (SSSR count). The number of hydrogen-bond donors (Lipinski definition) is 1. The number of likely N-dealkylation sites (tertiary alicyclic amines) is 1. The van der Waals surface area contributed by atoms with Gasteiger partial charge in [0.25, 0.3) is 11.8 Å². The van der Waals surface area contributed by atoms with Crippen LogP contribution in [0.15, 0.2) is 48.5 Å². The smallest absolute Gasteiger partial charge is 0.325 e. The molecule has 2 heterocycles. The minimum absolute atomic E-state index is 0.0891. The van der Waals surface area contributed by atoms with Gasteiger partial charge in [0.15, 0.2) is 11.6 Å². The summed E-state index contributed by atoms with van der Waals surface area (Å²) >= 11 is 0. The molecule has 0 aliphatic carbocycles. The van der Waals surface area contributed by atoms with Crippen molar-refractivity contribution in [1.82, 2.24) is 20.0 Å². The molecule has 1 N–H and O–H groups in total. The second-order valence-corrected chi connectivity index (χ2v) is 9.84. The van der Waals surface area contributed by atoms with Crippen LogP contribution in [-0.2, 0) is 11.2 Å². The van der Waals surface area contributed by atoms with Gasteiger partial charge in [0.1, 0.15) is 5.54 Å². The summed E-state index contributed by atoms with van der Waals surface area (Å²) in [6.45, 7) is 1.58. The van der Waals surface area contributed by atoms with Gasteiger partial charge in [-0.1, -0.05) is 30.3 Å². The highest BCUT2D eigenvalue weighted by molar-refractivity contribution is 6.07. The normalized spacial score (nSPS) is 20.8. The van der Waals surface area contributed by atoms with Gasteiger partial charge in [0.05, 0.1) is 0 Å². The van der Waals surface area contributed by atoms with Crippen molar-refractivity contribution in [1.29, 1.82) is 0 Å². The van der Waals surface area contributed by atoms with Crippen molar-refractivity contribution in [2.24, 2.45) is 5.92 Å². The predicted octanol–water partition coefficient (Wildman–Crippen LogP) is 3.30. The van der Waals surface area contributed by atoms with Gasteiger partial charge in [0, 0.05) is 31.7 Å². The van der Waals surface area contributed by atoms with Crippen LogP contribution < -0.4 is 5.32 Å². The van der Waals surface area contributed by atoms with E-state index in [1.165, 1.54) is 11.0 Å². The zero-order chi connectivity index (χ0) is 25.9. The zero-order valence-electron chi connectivity index (χ0n) is 20.7. The Morgan fingerprint density at radius 1 is 1.06 bits per heavy atom. The van der Waals surface area contributed by atoms with E-state index in [4.69, 9.17) is 0 Å². The fourth-order valence-corrected chi connectivity index (χ4v) is 5.17. The average molecular weight is 499 g/mol. The molecule has 0 radical (unpaired) electrons. The van der Waals surface area contributed by atoms with Crippen molar-refractivity contribution >= 4 is 17.8 Å². The number of carbonyl (C=O) groups is 3. The van der Waals surface area contributed by atoms with Crippen molar-refractivity contribution in [2.45, 2.75) is 31.2 Å². The van der Waals surface area contributed by atoms with E-state index in [0.29, 0.717) is 51.9 Å². The summed E-state index contributed by atoms with van der Waals surface area (Å²) in [6, 6.07) is 12.6. The maximum atomic E-state index is 13.7. The number of urea groups is 1. The van der Waals surface area contributed by atoms with E-state index >= 15 is 0 Å². The Balaban J connectivity index is 1.51. The van der Waals surface area contributed by atoms with Crippen molar-refractivity contribution in [3.63, 3.8) is 0 Å². The van der Waals surface area contributed by atoms with Gasteiger partial charge in [-0.3, -0.25) is 14.5 Å². The standard InChI is InChI=1S/C27H32F2N4O3/c1-31(2)16-17-33-25(35)27(30-26(33)36,13-10-19-6-4-3-5-7-19)21-11-14-32(15-12-21)24(34)20-8-9-22(28)23(29)18-20/h3-9,18,21H,10-17H2,1-2H3,(H,30,36)/t27-/m0/s1. The molecule has 0 bridgehead atoms. The number of imide groups is 1. The number of likely N-dealkylation sites (N-methyl/N-ethyl adjacent to an activating group) is 1. The van der Waals surface area contributed by atoms with E-state index in [2.05, 4.69) is 5.32 Å². The Morgan fingerprint density at radius 3 is 2.39 bits per heavy atom. The van der Waals surface area contributed by atoms with Crippen LogP contribution >= 0.6 is 0 Å². The molecule has 2 aromatic rings. The Morgan fingerprint density at radius 2 is 1.75 bits per heavy atom. The monoisotopic (exact) mass is 498 g/mol. The van der Waals surface area contributed by atoms with Crippen LogP contribution in [0.1, 0.15) is 35.2 Å². The number of aryl methyl sites for hydroxylation is 1. The predicted molar refractivity (Wildman–Crippen MR) is 131 cm³/mol. The summed E-state index contributed by atoms with van der Waals surface area (Å²) in [7, 11) is 3.78. The molecular weight excluding hydrogens is 466 g/mol. The molecule has 0 saturated carbocycles. The minimum atomic E-state index is -1.06. The maximum absolute atomic E-state index is 13.7. The molecule has 192 valence electrons. The van der Waals surface area contributed by atoms with Crippen LogP contribution in [-0.4, -0.2) is 78.4 Å². The number of rotatable bonds is 8. The number of nitrogens with one attached hydrogen (secondary N) is 1.